The van der Waals surface area contributed by atoms with Crippen LogP contribution in [0, 0.1) is 12.3 Å². The van der Waals surface area contributed by atoms with Crippen LogP contribution >= 0.6 is 0 Å². The third-order valence-corrected chi connectivity index (χ3v) is 3.00. The van der Waals surface area contributed by atoms with E-state index in [4.69, 9.17) is 11.2 Å². The standard InChI is InChI=1S/C19H17N3O3/c1-2-12-25-17-11-7-6-8-15(17)14-20-22-19(24)13-18(23)21-16-9-4-3-5-10-16/h1,3-11,14H,12-13H2,(H,21,23)(H,22,24). The van der Waals surface area contributed by atoms with E-state index in [2.05, 4.69) is 21.8 Å². The summed E-state index contributed by atoms with van der Waals surface area (Å²) in [5, 5.41) is 6.46. The van der Waals surface area contributed by atoms with Crippen molar-refractivity contribution in [1.29, 1.82) is 0 Å². The Bertz CT molecular complexity index is 795. The number of benzene rings is 2. The highest BCUT2D eigenvalue weighted by Crippen LogP contribution is 2.15. The molecule has 0 aromatic heterocycles. The van der Waals surface area contributed by atoms with E-state index in [9.17, 15) is 9.59 Å². The molecule has 0 atom stereocenters. The normalized spacial score (nSPS) is 10.0. The van der Waals surface area contributed by atoms with E-state index in [0.717, 1.165) is 0 Å². The molecule has 0 aliphatic heterocycles. The zero-order valence-electron chi connectivity index (χ0n) is 13.4. The SMILES string of the molecule is C#CCOc1ccccc1C=NNC(=O)CC(=O)Nc1ccccc1. The fraction of sp³-hybridized carbons (Fsp3) is 0.105. The van der Waals surface area contributed by atoms with Crippen LogP contribution in [0.25, 0.3) is 0 Å². The Morgan fingerprint density at radius 2 is 1.80 bits per heavy atom. The van der Waals surface area contributed by atoms with E-state index in [-0.39, 0.29) is 13.0 Å². The minimum absolute atomic E-state index is 0.136. The van der Waals surface area contributed by atoms with Gasteiger partial charge in [0.15, 0.2) is 0 Å². The first-order chi connectivity index (χ1) is 12.2. The quantitative estimate of drug-likeness (QED) is 0.352. The molecular weight excluding hydrogens is 318 g/mol. The molecule has 126 valence electrons. The van der Waals surface area contributed by atoms with Crippen LogP contribution in [0.2, 0.25) is 0 Å². The van der Waals surface area contributed by atoms with Gasteiger partial charge in [-0.25, -0.2) is 5.43 Å². The summed E-state index contributed by atoms with van der Waals surface area (Å²) in [7, 11) is 0. The van der Waals surface area contributed by atoms with Crippen molar-refractivity contribution in [3.63, 3.8) is 0 Å². The molecule has 2 aromatic rings. The van der Waals surface area contributed by atoms with E-state index in [1.807, 2.05) is 6.07 Å². The molecule has 0 bridgehead atoms. The predicted octanol–water partition coefficient (Wildman–Crippen LogP) is 2.18. The van der Waals surface area contributed by atoms with Crippen molar-refractivity contribution in [1.82, 2.24) is 5.43 Å². The molecular formula is C19H17N3O3. The van der Waals surface area contributed by atoms with Gasteiger partial charge < -0.3 is 10.1 Å². The average Bonchev–Trinajstić information content (AvgIpc) is 2.61. The highest BCUT2D eigenvalue weighted by atomic mass is 16.5. The summed E-state index contributed by atoms with van der Waals surface area (Å²) < 4.78 is 5.37. The van der Waals surface area contributed by atoms with Gasteiger partial charge in [0.2, 0.25) is 11.8 Å². The maximum absolute atomic E-state index is 11.8. The molecule has 2 rings (SSSR count). The Kier molecular flexibility index (Phi) is 6.77. The maximum atomic E-state index is 11.8. The second kappa shape index (κ2) is 9.53. The molecule has 0 spiro atoms. The number of nitrogens with zero attached hydrogens (tertiary/aromatic N) is 1. The molecule has 0 unspecified atom stereocenters. The molecule has 0 aliphatic carbocycles. The van der Waals surface area contributed by atoms with Crippen molar-refractivity contribution in [2.45, 2.75) is 6.42 Å². The summed E-state index contributed by atoms with van der Waals surface area (Å²) in [5.41, 5.74) is 3.59. The summed E-state index contributed by atoms with van der Waals surface area (Å²) in [6, 6.07) is 16.0. The van der Waals surface area contributed by atoms with Gasteiger partial charge in [-0.1, -0.05) is 36.3 Å². The average molecular weight is 335 g/mol. The monoisotopic (exact) mass is 335 g/mol. The van der Waals surface area contributed by atoms with Gasteiger partial charge in [0, 0.05) is 11.3 Å². The molecule has 0 heterocycles. The van der Waals surface area contributed by atoms with E-state index in [1.165, 1.54) is 6.21 Å². The number of carbonyl (C=O) groups excluding carboxylic acids is 2. The van der Waals surface area contributed by atoms with Gasteiger partial charge in [-0.2, -0.15) is 5.10 Å². The zero-order chi connectivity index (χ0) is 17.9. The first-order valence-corrected chi connectivity index (χ1v) is 7.51. The zero-order valence-corrected chi connectivity index (χ0v) is 13.4. The van der Waals surface area contributed by atoms with Crippen LogP contribution in [0.5, 0.6) is 5.75 Å². The van der Waals surface area contributed by atoms with Crippen molar-refractivity contribution in [3.05, 3.63) is 60.2 Å². The number of hydrogen-bond donors (Lipinski definition) is 2. The minimum Gasteiger partial charge on any atom is -0.480 e. The summed E-state index contributed by atoms with van der Waals surface area (Å²) in [6.07, 6.45) is 6.26. The van der Waals surface area contributed by atoms with Crippen molar-refractivity contribution >= 4 is 23.7 Å². The maximum Gasteiger partial charge on any atom is 0.249 e. The number of hydrogen-bond acceptors (Lipinski definition) is 4. The summed E-state index contributed by atoms with van der Waals surface area (Å²) in [6.45, 7) is 0.136. The Balaban J connectivity index is 1.84. The molecule has 2 amide bonds. The first-order valence-electron chi connectivity index (χ1n) is 7.51. The summed E-state index contributed by atoms with van der Waals surface area (Å²) in [5.74, 6) is 1.99. The van der Waals surface area contributed by atoms with Crippen LogP contribution in [-0.4, -0.2) is 24.6 Å². The second-order valence-corrected chi connectivity index (χ2v) is 4.91. The third kappa shape index (κ3) is 6.20. The van der Waals surface area contributed by atoms with Gasteiger partial charge in [-0.15, -0.1) is 6.42 Å². The molecule has 0 radical (unpaired) electrons. The van der Waals surface area contributed by atoms with Crippen molar-refractivity contribution in [3.8, 4) is 18.1 Å². The Morgan fingerprint density at radius 3 is 2.56 bits per heavy atom. The van der Waals surface area contributed by atoms with E-state index in [0.29, 0.717) is 17.0 Å². The van der Waals surface area contributed by atoms with Gasteiger partial charge in [-0.3, -0.25) is 9.59 Å². The first kappa shape index (κ1) is 17.8. The molecule has 2 aromatic carbocycles. The lowest BCUT2D eigenvalue weighted by Crippen LogP contribution is -2.24. The smallest absolute Gasteiger partial charge is 0.249 e. The Hall–Kier alpha value is -3.59. The summed E-state index contributed by atoms with van der Waals surface area (Å²) in [4.78, 5) is 23.5. The number of rotatable bonds is 7. The topological polar surface area (TPSA) is 79.8 Å². The van der Waals surface area contributed by atoms with Gasteiger partial charge in [0.1, 0.15) is 18.8 Å². The molecule has 6 heteroatoms. The highest BCUT2D eigenvalue weighted by molar-refractivity contribution is 6.03. The summed E-state index contributed by atoms with van der Waals surface area (Å²) >= 11 is 0. The van der Waals surface area contributed by atoms with Gasteiger partial charge in [0.25, 0.3) is 0 Å². The third-order valence-electron chi connectivity index (χ3n) is 3.00. The van der Waals surface area contributed by atoms with Crippen LogP contribution in [0.1, 0.15) is 12.0 Å². The minimum atomic E-state index is -0.522. The van der Waals surface area contributed by atoms with Crippen molar-refractivity contribution in [2.75, 3.05) is 11.9 Å². The number of nitrogens with one attached hydrogen (secondary N) is 2. The van der Waals surface area contributed by atoms with E-state index < -0.39 is 11.8 Å². The van der Waals surface area contributed by atoms with Gasteiger partial charge in [0.05, 0.1) is 6.21 Å². The number of ether oxygens (including phenoxy) is 1. The molecule has 25 heavy (non-hydrogen) atoms. The molecule has 0 aliphatic rings. The Labute approximate surface area is 145 Å². The van der Waals surface area contributed by atoms with Crippen LogP contribution < -0.4 is 15.5 Å². The lowest BCUT2D eigenvalue weighted by molar-refractivity contribution is -0.126. The molecule has 6 nitrogen and oxygen atoms in total. The van der Waals surface area contributed by atoms with Gasteiger partial charge in [-0.05, 0) is 24.3 Å². The fourth-order valence-corrected chi connectivity index (χ4v) is 1.92. The van der Waals surface area contributed by atoms with Crippen molar-refractivity contribution < 1.29 is 14.3 Å². The number of carbonyl (C=O) groups is 2. The fourth-order valence-electron chi connectivity index (χ4n) is 1.92. The largest absolute Gasteiger partial charge is 0.480 e. The number of anilines is 1. The van der Waals surface area contributed by atoms with Crippen LogP contribution in [0.4, 0.5) is 5.69 Å². The van der Waals surface area contributed by atoms with E-state index in [1.54, 1.807) is 48.5 Å². The number of terminal acetylenes is 1. The van der Waals surface area contributed by atoms with Crippen LogP contribution in [-0.2, 0) is 9.59 Å². The molecule has 0 saturated carbocycles. The van der Waals surface area contributed by atoms with Gasteiger partial charge >= 0.3 is 0 Å². The van der Waals surface area contributed by atoms with E-state index >= 15 is 0 Å². The lowest BCUT2D eigenvalue weighted by Gasteiger charge is -2.06. The predicted molar refractivity (Wildman–Crippen MR) is 96.2 cm³/mol. The Morgan fingerprint density at radius 1 is 1.08 bits per heavy atom. The van der Waals surface area contributed by atoms with Crippen molar-refractivity contribution in [2.24, 2.45) is 5.10 Å². The molecule has 2 N–H and O–H groups in total. The van der Waals surface area contributed by atoms with Crippen LogP contribution in [0.15, 0.2) is 59.7 Å². The van der Waals surface area contributed by atoms with Crippen LogP contribution in [0.3, 0.4) is 0 Å². The number of para-hydroxylation sites is 2. The molecule has 0 fully saturated rings. The number of amides is 2. The number of hydrazone groups is 1. The lowest BCUT2D eigenvalue weighted by atomic mass is 10.2. The highest BCUT2D eigenvalue weighted by Gasteiger charge is 2.08. The molecule has 0 saturated heterocycles. The second-order valence-electron chi connectivity index (χ2n) is 4.91.